The lowest BCUT2D eigenvalue weighted by Gasteiger charge is -2.10. The van der Waals surface area contributed by atoms with Crippen molar-refractivity contribution in [3.63, 3.8) is 0 Å². The molecule has 166 valence electrons. The highest BCUT2D eigenvalue weighted by atomic mass is 32.2. The summed E-state index contributed by atoms with van der Waals surface area (Å²) in [6, 6.07) is 17.7. The maximum atomic E-state index is 13.2. The first kappa shape index (κ1) is 22.1. The number of nitrogens with one attached hydrogen (secondary N) is 1. The largest absolute Gasteiger partial charge is 0.398 e. The van der Waals surface area contributed by atoms with Crippen molar-refractivity contribution in [2.24, 2.45) is 5.14 Å². The summed E-state index contributed by atoms with van der Waals surface area (Å²) < 4.78 is 36.0. The van der Waals surface area contributed by atoms with Crippen molar-refractivity contribution < 1.29 is 17.6 Å². The molecule has 0 fully saturated rings. The number of hydrogen-bond acceptors (Lipinski definition) is 7. The van der Waals surface area contributed by atoms with Crippen LogP contribution in [-0.2, 0) is 10.0 Å². The van der Waals surface area contributed by atoms with Crippen LogP contribution in [0, 0.1) is 5.82 Å². The minimum atomic E-state index is -3.79. The van der Waals surface area contributed by atoms with Crippen LogP contribution in [0.4, 0.5) is 21.7 Å². The minimum Gasteiger partial charge on any atom is -0.398 e. The summed E-state index contributed by atoms with van der Waals surface area (Å²) in [4.78, 5) is 21.5. The van der Waals surface area contributed by atoms with Gasteiger partial charge in [0.2, 0.25) is 16.0 Å². The van der Waals surface area contributed by atoms with Crippen molar-refractivity contribution in [3.05, 3.63) is 95.9 Å². The van der Waals surface area contributed by atoms with Gasteiger partial charge in [0.15, 0.2) is 5.78 Å². The van der Waals surface area contributed by atoms with E-state index in [0.29, 0.717) is 22.5 Å². The zero-order valence-corrected chi connectivity index (χ0v) is 17.9. The van der Waals surface area contributed by atoms with E-state index in [0.717, 1.165) is 0 Å². The number of nitrogens with two attached hydrogens (primary N) is 2. The molecule has 8 nitrogen and oxygen atoms in total. The molecule has 0 aliphatic heterocycles. The molecule has 10 heteroatoms. The van der Waals surface area contributed by atoms with Gasteiger partial charge in [-0.2, -0.15) is 0 Å². The van der Waals surface area contributed by atoms with Gasteiger partial charge >= 0.3 is 0 Å². The van der Waals surface area contributed by atoms with Crippen LogP contribution >= 0.6 is 0 Å². The average molecular weight is 463 g/mol. The predicted molar refractivity (Wildman–Crippen MR) is 123 cm³/mol. The summed E-state index contributed by atoms with van der Waals surface area (Å²) in [6.07, 6.45) is 1.54. The van der Waals surface area contributed by atoms with Gasteiger partial charge in [-0.05, 0) is 66.7 Å². The summed E-state index contributed by atoms with van der Waals surface area (Å²) in [5.74, 6) is -0.510. The zero-order valence-electron chi connectivity index (χ0n) is 17.1. The molecular formula is C23H18FN5O3S. The molecule has 4 rings (SSSR count). The van der Waals surface area contributed by atoms with Crippen molar-refractivity contribution in [3.8, 4) is 11.3 Å². The summed E-state index contributed by atoms with van der Waals surface area (Å²) in [5, 5.41) is 8.10. The molecule has 0 spiro atoms. The number of hydrogen-bond donors (Lipinski definition) is 3. The number of benzene rings is 3. The first-order chi connectivity index (χ1) is 15.7. The standard InChI is InChI=1S/C23H18FN5O3S/c24-16-4-1-14(2-5-16)22(30)19-13-15(3-10-20(19)25)21-11-12-27-23(29-21)28-17-6-8-18(9-7-17)33(26,31)32/h1-13H,25H2,(H2,26,31,32)(H,27,28,29). The van der Waals surface area contributed by atoms with Gasteiger partial charge < -0.3 is 11.1 Å². The molecule has 0 bridgehead atoms. The molecule has 0 saturated heterocycles. The molecule has 33 heavy (non-hydrogen) atoms. The number of carbonyl (C=O) groups is 1. The Morgan fingerprint density at radius 3 is 2.30 bits per heavy atom. The number of sulfonamides is 1. The first-order valence-electron chi connectivity index (χ1n) is 9.64. The molecule has 0 atom stereocenters. The predicted octanol–water partition coefficient (Wildman–Crippen LogP) is 3.49. The fraction of sp³-hybridized carbons (Fsp3) is 0. The highest BCUT2D eigenvalue weighted by Gasteiger charge is 2.15. The molecule has 0 unspecified atom stereocenters. The molecular weight excluding hydrogens is 445 g/mol. The summed E-state index contributed by atoms with van der Waals surface area (Å²) in [6.45, 7) is 0. The first-order valence-corrected chi connectivity index (χ1v) is 11.2. The second-order valence-corrected chi connectivity index (χ2v) is 8.66. The Hall–Kier alpha value is -4.15. The number of primary sulfonamides is 1. The third-order valence-corrected chi connectivity index (χ3v) is 5.72. The minimum absolute atomic E-state index is 0.0112. The fourth-order valence-electron chi connectivity index (χ4n) is 3.11. The van der Waals surface area contributed by atoms with Gasteiger partial charge in [-0.3, -0.25) is 4.79 Å². The number of halogens is 1. The van der Waals surface area contributed by atoms with Gasteiger partial charge in [0, 0.05) is 34.3 Å². The average Bonchev–Trinajstić information content (AvgIpc) is 2.79. The Labute approximate surface area is 189 Å². The van der Waals surface area contributed by atoms with E-state index >= 15 is 0 Å². The van der Waals surface area contributed by atoms with E-state index in [4.69, 9.17) is 10.9 Å². The third kappa shape index (κ3) is 5.03. The molecule has 0 amide bonds. The van der Waals surface area contributed by atoms with Crippen molar-refractivity contribution >= 4 is 33.1 Å². The van der Waals surface area contributed by atoms with Crippen LogP contribution in [0.3, 0.4) is 0 Å². The van der Waals surface area contributed by atoms with E-state index in [2.05, 4.69) is 15.3 Å². The van der Waals surface area contributed by atoms with E-state index < -0.39 is 15.8 Å². The summed E-state index contributed by atoms with van der Waals surface area (Å²) in [7, 11) is -3.79. The maximum absolute atomic E-state index is 13.2. The second-order valence-electron chi connectivity index (χ2n) is 7.10. The van der Waals surface area contributed by atoms with E-state index in [9.17, 15) is 17.6 Å². The summed E-state index contributed by atoms with van der Waals surface area (Å²) >= 11 is 0. The lowest BCUT2D eigenvalue weighted by molar-refractivity contribution is 0.103. The molecule has 0 saturated carbocycles. The number of rotatable bonds is 6. The van der Waals surface area contributed by atoms with Gasteiger partial charge in [0.1, 0.15) is 5.82 Å². The highest BCUT2D eigenvalue weighted by molar-refractivity contribution is 7.89. The van der Waals surface area contributed by atoms with Crippen LogP contribution < -0.4 is 16.2 Å². The van der Waals surface area contributed by atoms with Gasteiger partial charge in [0.25, 0.3) is 0 Å². The SMILES string of the molecule is Nc1ccc(-c2ccnc(Nc3ccc(S(N)(=O)=O)cc3)n2)cc1C(=O)c1ccc(F)cc1. The number of aromatic nitrogens is 2. The van der Waals surface area contributed by atoms with Crippen molar-refractivity contribution in [1.29, 1.82) is 0 Å². The van der Waals surface area contributed by atoms with Crippen molar-refractivity contribution in [1.82, 2.24) is 9.97 Å². The van der Waals surface area contributed by atoms with Crippen molar-refractivity contribution in [2.75, 3.05) is 11.1 Å². The zero-order chi connectivity index (χ0) is 23.6. The third-order valence-electron chi connectivity index (χ3n) is 4.79. The van der Waals surface area contributed by atoms with Crippen LogP contribution in [0.25, 0.3) is 11.3 Å². The number of nitrogen functional groups attached to an aromatic ring is 1. The van der Waals surface area contributed by atoms with Crippen LogP contribution in [-0.4, -0.2) is 24.2 Å². The summed E-state index contributed by atoms with van der Waals surface area (Å²) in [5.41, 5.74) is 8.61. The number of ketones is 1. The van der Waals surface area contributed by atoms with Crippen LogP contribution in [0.1, 0.15) is 15.9 Å². The molecule has 1 heterocycles. The molecule has 5 N–H and O–H groups in total. The van der Waals surface area contributed by atoms with Crippen LogP contribution in [0.2, 0.25) is 0 Å². The lowest BCUT2D eigenvalue weighted by Crippen LogP contribution is -2.11. The van der Waals surface area contributed by atoms with Crippen LogP contribution in [0.5, 0.6) is 0 Å². The normalized spacial score (nSPS) is 11.2. The monoisotopic (exact) mass is 463 g/mol. The van der Waals surface area contributed by atoms with Gasteiger partial charge in [-0.25, -0.2) is 27.9 Å². The molecule has 0 aliphatic carbocycles. The molecule has 1 aromatic heterocycles. The molecule has 0 radical (unpaired) electrons. The molecule has 3 aromatic carbocycles. The highest BCUT2D eigenvalue weighted by Crippen LogP contribution is 2.26. The fourth-order valence-corrected chi connectivity index (χ4v) is 3.62. The Morgan fingerprint density at radius 1 is 0.939 bits per heavy atom. The van der Waals surface area contributed by atoms with Gasteiger partial charge in [-0.1, -0.05) is 6.07 Å². The Morgan fingerprint density at radius 2 is 1.64 bits per heavy atom. The van der Waals surface area contributed by atoms with Gasteiger partial charge in [-0.15, -0.1) is 0 Å². The van der Waals surface area contributed by atoms with E-state index in [-0.39, 0.29) is 27.9 Å². The Bertz CT molecular complexity index is 1440. The number of anilines is 3. The molecule has 0 aliphatic rings. The van der Waals surface area contributed by atoms with E-state index in [1.807, 2.05) is 0 Å². The van der Waals surface area contributed by atoms with Crippen LogP contribution in [0.15, 0.2) is 83.9 Å². The van der Waals surface area contributed by atoms with Crippen molar-refractivity contribution in [2.45, 2.75) is 4.90 Å². The van der Waals surface area contributed by atoms with Gasteiger partial charge in [0.05, 0.1) is 10.6 Å². The lowest BCUT2D eigenvalue weighted by atomic mass is 9.98. The maximum Gasteiger partial charge on any atom is 0.238 e. The van der Waals surface area contributed by atoms with E-state index in [1.165, 1.54) is 36.4 Å². The van der Waals surface area contributed by atoms with E-state index in [1.54, 1.807) is 42.6 Å². The Kier molecular flexibility index (Phi) is 5.86. The molecule has 4 aromatic rings. The smallest absolute Gasteiger partial charge is 0.238 e. The quantitative estimate of drug-likeness (QED) is 0.294. The number of nitrogens with zero attached hydrogens (tertiary/aromatic N) is 2. The Balaban J connectivity index is 1.61. The second kappa shape index (κ2) is 8.77. The topological polar surface area (TPSA) is 141 Å². The number of carbonyl (C=O) groups excluding carboxylic acids is 1.